The van der Waals surface area contributed by atoms with Gasteiger partial charge in [0.15, 0.2) is 6.10 Å². The van der Waals surface area contributed by atoms with Gasteiger partial charge >= 0.3 is 6.09 Å². The van der Waals surface area contributed by atoms with Gasteiger partial charge in [-0.1, -0.05) is 30.3 Å². The van der Waals surface area contributed by atoms with Crippen molar-refractivity contribution < 1.29 is 19.0 Å². The zero-order chi connectivity index (χ0) is 12.9. The van der Waals surface area contributed by atoms with E-state index in [2.05, 4.69) is 0 Å². The molecule has 5 heteroatoms. The molecule has 0 aliphatic carbocycles. The van der Waals surface area contributed by atoms with Gasteiger partial charge in [0.25, 0.3) is 0 Å². The van der Waals surface area contributed by atoms with Crippen LogP contribution < -0.4 is 5.73 Å². The maximum absolute atomic E-state index is 10.8. The summed E-state index contributed by atoms with van der Waals surface area (Å²) in [5.74, 6) is -1.16. The predicted octanol–water partition coefficient (Wildman–Crippen LogP) is 1.62. The fourth-order valence-electron chi connectivity index (χ4n) is 1.81. The second kappa shape index (κ2) is 5.65. The summed E-state index contributed by atoms with van der Waals surface area (Å²) in [6.45, 7) is 1.66. The molecule has 94 valence electrons. The van der Waals surface area contributed by atoms with E-state index in [-0.39, 0.29) is 0 Å². The Bertz CT molecular complexity index is 362. The number of amides is 1. The summed E-state index contributed by atoms with van der Waals surface area (Å²) in [5.41, 5.74) is 5.75. The number of carbonyl (C=O) groups is 1. The fourth-order valence-corrected chi connectivity index (χ4v) is 1.81. The van der Waals surface area contributed by atoms with Crippen LogP contribution in [0.15, 0.2) is 30.3 Å². The number of primary amides is 1. The van der Waals surface area contributed by atoms with Gasteiger partial charge in [0.1, 0.15) is 0 Å². The lowest BCUT2D eigenvalue weighted by Crippen LogP contribution is -2.44. The fraction of sp³-hybridized carbons (Fsp3) is 0.417. The lowest BCUT2D eigenvalue weighted by Gasteiger charge is -2.35. The molecule has 1 aromatic rings. The first-order valence-electron chi connectivity index (χ1n) is 5.18. The van der Waals surface area contributed by atoms with Gasteiger partial charge in [0.05, 0.1) is 0 Å². The summed E-state index contributed by atoms with van der Waals surface area (Å²) in [5, 5.41) is 0. The van der Waals surface area contributed by atoms with E-state index < -0.39 is 18.0 Å². The average Bonchev–Trinajstić information content (AvgIpc) is 2.32. The second-order valence-electron chi connectivity index (χ2n) is 3.52. The van der Waals surface area contributed by atoms with Crippen molar-refractivity contribution in [1.82, 2.24) is 0 Å². The molecule has 1 atom stereocenters. The topological polar surface area (TPSA) is 70.8 Å². The summed E-state index contributed by atoms with van der Waals surface area (Å²) in [4.78, 5) is 10.8. The monoisotopic (exact) mass is 239 g/mol. The molecule has 17 heavy (non-hydrogen) atoms. The highest BCUT2D eigenvalue weighted by Crippen LogP contribution is 2.31. The standard InChI is InChI=1S/C12H17NO4/c1-9(17-11(13)14)12(15-2,16-3)10-7-5-4-6-8-10/h4-9H,1-3H3,(H2,13,14). The molecule has 1 rings (SSSR count). The quantitative estimate of drug-likeness (QED) is 0.792. The number of benzene rings is 1. The molecule has 0 radical (unpaired) electrons. The minimum atomic E-state index is -1.16. The highest BCUT2D eigenvalue weighted by Gasteiger charge is 2.41. The van der Waals surface area contributed by atoms with Crippen molar-refractivity contribution in [3.63, 3.8) is 0 Å². The molecular formula is C12H17NO4. The Labute approximate surface area is 100 Å². The van der Waals surface area contributed by atoms with Crippen molar-refractivity contribution in [2.75, 3.05) is 14.2 Å². The first-order valence-corrected chi connectivity index (χ1v) is 5.18. The van der Waals surface area contributed by atoms with Crippen LogP contribution in [0.3, 0.4) is 0 Å². The molecule has 0 fully saturated rings. The Morgan fingerprint density at radius 1 is 1.24 bits per heavy atom. The number of carbonyl (C=O) groups excluding carboxylic acids is 1. The van der Waals surface area contributed by atoms with Gasteiger partial charge in [0.2, 0.25) is 5.79 Å². The molecule has 2 N–H and O–H groups in total. The highest BCUT2D eigenvalue weighted by atomic mass is 16.7. The molecule has 5 nitrogen and oxygen atoms in total. The van der Waals surface area contributed by atoms with Gasteiger partial charge in [0, 0.05) is 19.8 Å². The van der Waals surface area contributed by atoms with Gasteiger partial charge < -0.3 is 19.9 Å². The predicted molar refractivity (Wildman–Crippen MR) is 62.3 cm³/mol. The Balaban J connectivity index is 3.08. The van der Waals surface area contributed by atoms with E-state index in [4.69, 9.17) is 19.9 Å². The van der Waals surface area contributed by atoms with E-state index in [0.717, 1.165) is 5.56 Å². The van der Waals surface area contributed by atoms with Gasteiger partial charge in [-0.2, -0.15) is 0 Å². The van der Waals surface area contributed by atoms with Crippen molar-refractivity contribution >= 4 is 6.09 Å². The van der Waals surface area contributed by atoms with Crippen molar-refractivity contribution in [3.8, 4) is 0 Å². The molecule has 1 amide bonds. The van der Waals surface area contributed by atoms with Crippen molar-refractivity contribution in [3.05, 3.63) is 35.9 Å². The Hall–Kier alpha value is -1.59. The van der Waals surface area contributed by atoms with Crippen LogP contribution in [0.2, 0.25) is 0 Å². The lowest BCUT2D eigenvalue weighted by molar-refractivity contribution is -0.263. The third kappa shape index (κ3) is 2.75. The van der Waals surface area contributed by atoms with E-state index in [1.165, 1.54) is 14.2 Å². The Morgan fingerprint density at radius 2 is 1.76 bits per heavy atom. The van der Waals surface area contributed by atoms with Crippen LogP contribution in [0.25, 0.3) is 0 Å². The van der Waals surface area contributed by atoms with Crippen LogP contribution in [0.1, 0.15) is 12.5 Å². The molecule has 1 unspecified atom stereocenters. The third-order valence-electron chi connectivity index (χ3n) is 2.61. The van der Waals surface area contributed by atoms with Gasteiger partial charge in [-0.25, -0.2) is 4.79 Å². The average molecular weight is 239 g/mol. The first-order chi connectivity index (χ1) is 8.06. The molecular weight excluding hydrogens is 222 g/mol. The SMILES string of the molecule is COC(OC)(c1ccccc1)C(C)OC(N)=O. The van der Waals surface area contributed by atoms with Crippen LogP contribution in [-0.4, -0.2) is 26.4 Å². The minimum absolute atomic E-state index is 0.669. The zero-order valence-corrected chi connectivity index (χ0v) is 10.2. The van der Waals surface area contributed by atoms with Gasteiger partial charge in [-0.15, -0.1) is 0 Å². The third-order valence-corrected chi connectivity index (χ3v) is 2.61. The number of ether oxygens (including phenoxy) is 3. The molecule has 0 saturated heterocycles. The Morgan fingerprint density at radius 3 is 2.18 bits per heavy atom. The summed E-state index contributed by atoms with van der Waals surface area (Å²) in [7, 11) is 2.97. The zero-order valence-electron chi connectivity index (χ0n) is 10.2. The molecule has 0 bridgehead atoms. The Kier molecular flexibility index (Phi) is 4.48. The van der Waals surface area contributed by atoms with Gasteiger partial charge in [-0.05, 0) is 6.92 Å². The smallest absolute Gasteiger partial charge is 0.404 e. The van der Waals surface area contributed by atoms with E-state index >= 15 is 0 Å². The van der Waals surface area contributed by atoms with Crippen LogP contribution in [0, 0.1) is 0 Å². The van der Waals surface area contributed by atoms with E-state index in [9.17, 15) is 4.79 Å². The summed E-state index contributed by atoms with van der Waals surface area (Å²) < 4.78 is 15.7. The number of hydrogen-bond acceptors (Lipinski definition) is 4. The molecule has 0 saturated carbocycles. The van der Waals surface area contributed by atoms with Crippen LogP contribution in [0.4, 0.5) is 4.79 Å². The molecule has 0 heterocycles. The highest BCUT2D eigenvalue weighted by molar-refractivity contribution is 5.64. The van der Waals surface area contributed by atoms with Crippen molar-refractivity contribution in [2.45, 2.75) is 18.8 Å². The minimum Gasteiger partial charge on any atom is -0.441 e. The van der Waals surface area contributed by atoms with Crippen LogP contribution in [0.5, 0.6) is 0 Å². The van der Waals surface area contributed by atoms with Crippen LogP contribution in [-0.2, 0) is 20.0 Å². The van der Waals surface area contributed by atoms with Crippen molar-refractivity contribution in [2.24, 2.45) is 5.73 Å². The molecule has 0 aliphatic rings. The largest absolute Gasteiger partial charge is 0.441 e. The number of methoxy groups -OCH3 is 2. The summed E-state index contributed by atoms with van der Waals surface area (Å²) >= 11 is 0. The molecule has 0 aliphatic heterocycles. The van der Waals surface area contributed by atoms with Crippen molar-refractivity contribution in [1.29, 1.82) is 0 Å². The molecule has 1 aromatic carbocycles. The van der Waals surface area contributed by atoms with Crippen LogP contribution >= 0.6 is 0 Å². The second-order valence-corrected chi connectivity index (χ2v) is 3.52. The lowest BCUT2D eigenvalue weighted by atomic mass is 10.0. The summed E-state index contributed by atoms with van der Waals surface area (Å²) in [6, 6.07) is 9.22. The number of rotatable bonds is 5. The first kappa shape index (κ1) is 13.5. The maximum Gasteiger partial charge on any atom is 0.404 e. The van der Waals surface area contributed by atoms with E-state index in [1.54, 1.807) is 6.92 Å². The number of nitrogens with two attached hydrogens (primary N) is 1. The maximum atomic E-state index is 10.8. The molecule has 0 aromatic heterocycles. The molecule has 0 spiro atoms. The van der Waals surface area contributed by atoms with E-state index in [0.29, 0.717) is 0 Å². The normalized spacial score (nSPS) is 13.1. The van der Waals surface area contributed by atoms with Gasteiger partial charge in [-0.3, -0.25) is 0 Å². The van der Waals surface area contributed by atoms with E-state index in [1.807, 2.05) is 30.3 Å². The number of hydrogen-bond donors (Lipinski definition) is 1. The summed E-state index contributed by atoms with van der Waals surface area (Å²) in [6.07, 6.45) is -1.54.